The Kier molecular flexibility index (Phi) is 1.93. The Morgan fingerprint density at radius 3 is 2.50 bits per heavy atom. The van der Waals surface area contributed by atoms with Crippen molar-refractivity contribution < 1.29 is 0 Å². The van der Waals surface area contributed by atoms with E-state index in [4.69, 9.17) is 10.9 Å². The van der Waals surface area contributed by atoms with E-state index in [0.29, 0.717) is 0 Å². The van der Waals surface area contributed by atoms with Crippen molar-refractivity contribution in [2.24, 2.45) is 5.11 Å². The second kappa shape index (κ2) is 2.29. The first kappa shape index (κ1) is 5.04. The molecule has 0 bridgehead atoms. The molecule has 4 nitrogen and oxygen atoms in total. The predicted molar refractivity (Wildman–Crippen MR) is 25.4 cm³/mol. The Hall–Kier alpha value is -0.955. The van der Waals surface area contributed by atoms with Gasteiger partial charge in [0.15, 0.2) is 7.85 Å². The van der Waals surface area contributed by atoms with Gasteiger partial charge in [-0.2, -0.15) is 0 Å². The molecule has 0 amide bonds. The molecular weight excluding hydrogens is 78.9 g/mol. The highest BCUT2D eigenvalue weighted by molar-refractivity contribution is 6.58. The first-order valence-corrected chi connectivity index (χ1v) is 1.37. The van der Waals surface area contributed by atoms with Gasteiger partial charge in [-0.05, 0) is 5.53 Å². The molecule has 0 saturated carbocycles. The Balaban J connectivity index is 3.60. The lowest BCUT2D eigenvalue weighted by atomic mass is 10.1. The summed E-state index contributed by atoms with van der Waals surface area (Å²) in [6, 6.07) is 0. The lowest BCUT2D eigenvalue weighted by molar-refractivity contribution is 1.47. The summed E-state index contributed by atoms with van der Waals surface area (Å²) in [6.07, 6.45) is 0. The predicted octanol–water partition coefficient (Wildman–Crippen LogP) is -0.135. The number of hydrogen-bond donors (Lipinski definition) is 1. The summed E-state index contributed by atoms with van der Waals surface area (Å²) >= 11 is 0. The number of nitrogens with zero attached hydrogens (tertiary/aromatic N) is 3. The molecule has 0 aliphatic carbocycles. The number of hydrogen-bond acceptors (Lipinski definition) is 1. The molecule has 1 N–H and O–H groups in total. The monoisotopic (exact) mass is 82.0 g/mol. The van der Waals surface area contributed by atoms with Gasteiger partial charge in [0, 0.05) is 10.6 Å². The van der Waals surface area contributed by atoms with Crippen molar-refractivity contribution in [3.8, 4) is 0 Å². The van der Waals surface area contributed by atoms with Crippen LogP contribution < -0.4 is 0 Å². The molecule has 0 aromatic carbocycles. The molecule has 0 heterocycles. The molecule has 0 atom stereocenters. The molecule has 6 heavy (non-hydrogen) atoms. The Morgan fingerprint density at radius 2 is 2.50 bits per heavy atom. The van der Waals surface area contributed by atoms with E-state index in [9.17, 15) is 0 Å². The molecule has 0 spiro atoms. The van der Waals surface area contributed by atoms with Crippen LogP contribution in [0.15, 0.2) is 5.11 Å². The van der Waals surface area contributed by atoms with Crippen molar-refractivity contribution in [2.45, 2.75) is 0 Å². The summed E-state index contributed by atoms with van der Waals surface area (Å²) < 4.78 is 0. The maximum absolute atomic E-state index is 7.55. The first-order valence-electron chi connectivity index (χ1n) is 1.37. The highest BCUT2D eigenvalue weighted by Crippen LogP contribution is 1.63. The number of azide groups is 1. The Bertz CT molecular complexity index is 100. The van der Waals surface area contributed by atoms with E-state index >= 15 is 0 Å². The van der Waals surface area contributed by atoms with Gasteiger partial charge >= 0.3 is 0 Å². The molecular formula is CH3BN4. The second-order valence-corrected chi connectivity index (χ2v) is 0.775. The van der Waals surface area contributed by atoms with Crippen LogP contribution in [0.5, 0.6) is 0 Å². The number of nitrogens with one attached hydrogen (secondary N) is 1. The van der Waals surface area contributed by atoms with Gasteiger partial charge < -0.3 is 5.41 Å². The van der Waals surface area contributed by atoms with Crippen LogP contribution in [0.3, 0.4) is 0 Å². The summed E-state index contributed by atoms with van der Waals surface area (Å²) in [5, 5.41) is 9.36. The van der Waals surface area contributed by atoms with Gasteiger partial charge in [-0.3, -0.25) is 0 Å². The van der Waals surface area contributed by atoms with Gasteiger partial charge in [-0.1, -0.05) is 5.11 Å². The van der Waals surface area contributed by atoms with Gasteiger partial charge in [-0.25, -0.2) is 0 Å². The van der Waals surface area contributed by atoms with E-state index in [1.54, 1.807) is 0 Å². The lowest BCUT2D eigenvalue weighted by Gasteiger charge is -1.67. The van der Waals surface area contributed by atoms with Crippen LogP contribution in [-0.2, 0) is 0 Å². The van der Waals surface area contributed by atoms with Crippen LogP contribution in [-0.4, -0.2) is 13.6 Å². The molecule has 0 radical (unpaired) electrons. The highest BCUT2D eigenvalue weighted by Gasteiger charge is 1.69. The number of rotatable bonds is 0. The largest absolute Gasteiger partial charge is 0.314 e. The average molecular weight is 81.9 g/mol. The summed E-state index contributed by atoms with van der Waals surface area (Å²) in [4.78, 5) is 2.34. The van der Waals surface area contributed by atoms with Crippen molar-refractivity contribution in [2.75, 3.05) is 0 Å². The topological polar surface area (TPSA) is 72.6 Å². The molecule has 5 heteroatoms. The Morgan fingerprint density at radius 1 is 2.00 bits per heavy atom. The maximum Gasteiger partial charge on any atom is 0.166 e. The van der Waals surface area contributed by atoms with E-state index in [1.807, 2.05) is 0 Å². The fourth-order valence-corrected chi connectivity index (χ4v) is 0.0671. The first-order chi connectivity index (χ1) is 2.77. The lowest BCUT2D eigenvalue weighted by Crippen LogP contribution is -1.81. The standard InChI is InChI=1S/CH3BN4/c2-1(3)5-6-4/h3H,2H2. The van der Waals surface area contributed by atoms with Gasteiger partial charge in [0.05, 0.1) is 0 Å². The van der Waals surface area contributed by atoms with Crippen molar-refractivity contribution in [3.63, 3.8) is 0 Å². The molecule has 0 fully saturated rings. The van der Waals surface area contributed by atoms with Crippen molar-refractivity contribution in [1.82, 2.24) is 0 Å². The van der Waals surface area contributed by atoms with Crippen LogP contribution in [0.25, 0.3) is 10.4 Å². The smallest absolute Gasteiger partial charge is 0.166 e. The van der Waals surface area contributed by atoms with Crippen LogP contribution in [0.4, 0.5) is 0 Å². The zero-order valence-electron chi connectivity index (χ0n) is 3.34. The van der Waals surface area contributed by atoms with E-state index < -0.39 is 0 Å². The van der Waals surface area contributed by atoms with E-state index in [-0.39, 0.29) is 5.73 Å². The van der Waals surface area contributed by atoms with Crippen LogP contribution in [0.2, 0.25) is 0 Å². The normalized spacial score (nSPS) is 6.00. The third-order valence-electron chi connectivity index (χ3n) is 0.195. The van der Waals surface area contributed by atoms with Gasteiger partial charge in [0.2, 0.25) is 0 Å². The zero-order valence-corrected chi connectivity index (χ0v) is 3.34. The highest BCUT2D eigenvalue weighted by atomic mass is 15.1. The average Bonchev–Trinajstić information content (AvgIpc) is 1.35. The second-order valence-electron chi connectivity index (χ2n) is 0.775. The van der Waals surface area contributed by atoms with Crippen LogP contribution >= 0.6 is 0 Å². The molecule has 0 aromatic heterocycles. The molecule has 0 unspecified atom stereocenters. The number of amidine groups is 1. The van der Waals surface area contributed by atoms with Crippen LogP contribution in [0.1, 0.15) is 0 Å². The fraction of sp³-hybridized carbons (Fsp3) is 0. The van der Waals surface area contributed by atoms with Gasteiger partial charge in [0.1, 0.15) is 0 Å². The summed E-state index contributed by atoms with van der Waals surface area (Å²) in [6.45, 7) is 0. The van der Waals surface area contributed by atoms with Gasteiger partial charge in [0.25, 0.3) is 0 Å². The molecule has 0 aliphatic heterocycles. The summed E-state index contributed by atoms with van der Waals surface area (Å²) in [5.74, 6) is 0. The minimum atomic E-state index is -0.00231. The summed E-state index contributed by atoms with van der Waals surface area (Å²) in [5.41, 5.74) is 7.55. The summed E-state index contributed by atoms with van der Waals surface area (Å²) in [7, 11) is 1.42. The third kappa shape index (κ3) is 3.04. The van der Waals surface area contributed by atoms with Crippen LogP contribution in [0, 0.1) is 5.41 Å². The van der Waals surface area contributed by atoms with E-state index in [0.717, 1.165) is 0 Å². The zero-order chi connectivity index (χ0) is 4.99. The minimum Gasteiger partial charge on any atom is -0.314 e. The van der Waals surface area contributed by atoms with Crippen molar-refractivity contribution in [1.29, 1.82) is 5.41 Å². The SMILES string of the molecule is BC(=N)N=[N+]=[N-]. The van der Waals surface area contributed by atoms with Gasteiger partial charge in [-0.15, -0.1) is 0 Å². The Labute approximate surface area is 35.7 Å². The quantitative estimate of drug-likeness (QED) is 0.105. The fourth-order valence-electron chi connectivity index (χ4n) is 0.0671. The van der Waals surface area contributed by atoms with E-state index in [2.05, 4.69) is 10.0 Å². The maximum atomic E-state index is 7.55. The molecule has 0 aromatic rings. The van der Waals surface area contributed by atoms with Crippen molar-refractivity contribution >= 4 is 13.6 Å². The van der Waals surface area contributed by atoms with E-state index in [1.165, 1.54) is 7.85 Å². The molecule has 0 saturated heterocycles. The molecule has 0 aliphatic rings. The molecule has 30 valence electrons. The third-order valence-corrected chi connectivity index (χ3v) is 0.195. The minimum absolute atomic E-state index is 0.00231. The molecule has 0 rings (SSSR count). The van der Waals surface area contributed by atoms with Crippen molar-refractivity contribution in [3.05, 3.63) is 10.4 Å².